The normalized spacial score (nSPS) is 9.33. The molecule has 1 aromatic heterocycles. The highest BCUT2D eigenvalue weighted by molar-refractivity contribution is 5.64. The molecule has 96 valence electrons. The second kappa shape index (κ2) is 5.34. The van der Waals surface area contributed by atoms with Gasteiger partial charge in [-0.15, -0.1) is 0 Å². The van der Waals surface area contributed by atoms with E-state index in [0.717, 1.165) is 12.1 Å². The molecule has 0 radical (unpaired) electrons. The van der Waals surface area contributed by atoms with Crippen LogP contribution in [0, 0.1) is 0 Å². The van der Waals surface area contributed by atoms with Gasteiger partial charge >= 0.3 is 18.5 Å². The van der Waals surface area contributed by atoms with Gasteiger partial charge in [-0.05, 0) is 0 Å². The molecular formula is C8H5NO9. The Morgan fingerprint density at radius 1 is 0.833 bits per heavy atom. The number of carboxylic acid groups (broad SMARTS) is 3. The summed E-state index contributed by atoms with van der Waals surface area (Å²) in [4.78, 5) is 34.1. The van der Waals surface area contributed by atoms with E-state index in [1.54, 1.807) is 0 Å². The second-order valence-corrected chi connectivity index (χ2v) is 2.58. The predicted octanol–water partition coefficient (Wildman–Crippen LogP) is 1.25. The minimum Gasteiger partial charge on any atom is -0.449 e. The van der Waals surface area contributed by atoms with E-state index in [4.69, 9.17) is 15.3 Å². The maximum atomic E-state index is 10.3. The smallest absolute Gasteiger partial charge is 0.449 e. The average molecular weight is 259 g/mol. The van der Waals surface area contributed by atoms with Gasteiger partial charge in [-0.2, -0.15) is 4.98 Å². The summed E-state index contributed by atoms with van der Waals surface area (Å²) in [6.45, 7) is 0. The predicted molar refractivity (Wildman–Crippen MR) is 50.2 cm³/mol. The van der Waals surface area contributed by atoms with E-state index in [-0.39, 0.29) is 0 Å². The molecule has 0 aliphatic carbocycles. The largest absolute Gasteiger partial charge is 0.512 e. The van der Waals surface area contributed by atoms with Crippen LogP contribution in [0.5, 0.6) is 17.5 Å². The molecule has 10 nitrogen and oxygen atoms in total. The van der Waals surface area contributed by atoms with E-state index in [1.165, 1.54) is 0 Å². The van der Waals surface area contributed by atoms with Crippen LogP contribution in [-0.2, 0) is 0 Å². The van der Waals surface area contributed by atoms with E-state index in [9.17, 15) is 14.4 Å². The van der Waals surface area contributed by atoms with E-state index in [2.05, 4.69) is 19.2 Å². The topological polar surface area (TPSA) is 152 Å². The maximum absolute atomic E-state index is 10.3. The van der Waals surface area contributed by atoms with Gasteiger partial charge in [0.1, 0.15) is 5.75 Å². The zero-order valence-corrected chi connectivity index (χ0v) is 8.39. The SMILES string of the molecule is O=C(O)Oc1cc(OC(=O)O)nc(OC(=O)O)c1. The van der Waals surface area contributed by atoms with Crippen molar-refractivity contribution in [1.29, 1.82) is 0 Å². The Morgan fingerprint density at radius 2 is 1.22 bits per heavy atom. The Bertz CT molecular complexity index is 414. The van der Waals surface area contributed by atoms with Crippen LogP contribution in [0.15, 0.2) is 12.1 Å². The van der Waals surface area contributed by atoms with Crippen molar-refractivity contribution in [2.45, 2.75) is 0 Å². The third-order valence-electron chi connectivity index (χ3n) is 1.34. The Kier molecular flexibility index (Phi) is 3.86. The van der Waals surface area contributed by atoms with Crippen molar-refractivity contribution in [3.63, 3.8) is 0 Å². The molecule has 0 aliphatic rings. The lowest BCUT2D eigenvalue weighted by Gasteiger charge is -2.05. The molecule has 0 spiro atoms. The summed E-state index contributed by atoms with van der Waals surface area (Å²) >= 11 is 0. The molecule has 1 heterocycles. The fraction of sp³-hybridized carbons (Fsp3) is 0. The first kappa shape index (κ1) is 13.0. The molecule has 0 fully saturated rings. The first-order valence-electron chi connectivity index (χ1n) is 4.11. The van der Waals surface area contributed by atoms with Gasteiger partial charge in [0.25, 0.3) is 0 Å². The van der Waals surface area contributed by atoms with Crippen LogP contribution in [0.1, 0.15) is 0 Å². The molecule has 1 aromatic rings. The summed E-state index contributed by atoms with van der Waals surface area (Å²) in [5, 5.41) is 25.0. The Labute approximate surface area is 98.0 Å². The maximum Gasteiger partial charge on any atom is 0.512 e. The van der Waals surface area contributed by atoms with E-state index in [0.29, 0.717) is 0 Å². The summed E-state index contributed by atoms with van der Waals surface area (Å²) in [6.07, 6.45) is -5.14. The van der Waals surface area contributed by atoms with Gasteiger partial charge in [-0.1, -0.05) is 0 Å². The van der Waals surface area contributed by atoms with Crippen molar-refractivity contribution < 1.29 is 43.9 Å². The molecule has 0 aliphatic heterocycles. The quantitative estimate of drug-likeness (QED) is 0.675. The minimum absolute atomic E-state index is 0.412. The number of pyridine rings is 1. The minimum atomic E-state index is -1.73. The van der Waals surface area contributed by atoms with Crippen molar-refractivity contribution in [2.75, 3.05) is 0 Å². The fourth-order valence-electron chi connectivity index (χ4n) is 0.901. The molecule has 10 heteroatoms. The van der Waals surface area contributed by atoms with Crippen molar-refractivity contribution >= 4 is 18.5 Å². The lowest BCUT2D eigenvalue weighted by atomic mass is 10.4. The summed E-state index contributed by atoms with van der Waals surface area (Å²) < 4.78 is 12.4. The molecule has 1 rings (SSSR count). The van der Waals surface area contributed by atoms with Crippen LogP contribution < -0.4 is 14.2 Å². The molecule has 0 saturated carbocycles. The first-order chi connectivity index (χ1) is 8.36. The third-order valence-corrected chi connectivity index (χ3v) is 1.34. The van der Waals surface area contributed by atoms with E-state index < -0.39 is 36.0 Å². The van der Waals surface area contributed by atoms with Gasteiger partial charge in [-0.3, -0.25) is 0 Å². The highest BCUT2D eigenvalue weighted by atomic mass is 16.7. The Balaban J connectivity index is 3.06. The van der Waals surface area contributed by atoms with Crippen LogP contribution >= 0.6 is 0 Å². The number of hydrogen-bond acceptors (Lipinski definition) is 7. The molecular weight excluding hydrogens is 254 g/mol. The van der Waals surface area contributed by atoms with Gasteiger partial charge in [0.2, 0.25) is 11.8 Å². The molecule has 0 atom stereocenters. The second-order valence-electron chi connectivity index (χ2n) is 2.58. The summed E-state index contributed by atoms with van der Waals surface area (Å²) in [7, 11) is 0. The van der Waals surface area contributed by atoms with Crippen LogP contribution in [0.2, 0.25) is 0 Å². The van der Waals surface area contributed by atoms with Crippen LogP contribution in [0.25, 0.3) is 0 Å². The number of rotatable bonds is 3. The van der Waals surface area contributed by atoms with Crippen molar-refractivity contribution in [3.8, 4) is 17.5 Å². The van der Waals surface area contributed by atoms with Crippen LogP contribution in [-0.4, -0.2) is 38.8 Å². The zero-order chi connectivity index (χ0) is 13.7. The van der Waals surface area contributed by atoms with Crippen molar-refractivity contribution in [1.82, 2.24) is 4.98 Å². The van der Waals surface area contributed by atoms with Gasteiger partial charge in [-0.25, -0.2) is 14.4 Å². The lowest BCUT2D eigenvalue weighted by Crippen LogP contribution is -2.10. The highest BCUT2D eigenvalue weighted by Gasteiger charge is 2.13. The van der Waals surface area contributed by atoms with Crippen molar-refractivity contribution in [3.05, 3.63) is 12.1 Å². The van der Waals surface area contributed by atoms with Crippen LogP contribution in [0.4, 0.5) is 14.4 Å². The Hall–Kier alpha value is -3.04. The average Bonchev–Trinajstić information content (AvgIpc) is 2.12. The lowest BCUT2D eigenvalue weighted by molar-refractivity contribution is 0.138. The highest BCUT2D eigenvalue weighted by Crippen LogP contribution is 2.24. The summed E-state index contributed by atoms with van der Waals surface area (Å²) in [5.74, 6) is -1.61. The molecule has 3 N–H and O–H groups in total. The van der Waals surface area contributed by atoms with E-state index >= 15 is 0 Å². The first-order valence-corrected chi connectivity index (χ1v) is 4.11. The number of nitrogens with zero attached hydrogens (tertiary/aromatic N) is 1. The van der Waals surface area contributed by atoms with Crippen molar-refractivity contribution in [2.24, 2.45) is 0 Å². The monoisotopic (exact) mass is 259 g/mol. The number of carbonyl (C=O) groups is 3. The van der Waals surface area contributed by atoms with Gasteiger partial charge in [0.05, 0.1) is 0 Å². The summed E-state index contributed by atoms with van der Waals surface area (Å²) in [6, 6.07) is 1.66. The number of hydrogen-bond donors (Lipinski definition) is 3. The standard InChI is InChI=1S/C8H5NO9/c10-6(11)16-3-1-4(17-7(12)13)9-5(2-3)18-8(14)15/h1-2H,(H,10,11)(H,12,13)(H,14,15). The molecule has 0 bridgehead atoms. The summed E-state index contributed by atoms with van der Waals surface area (Å²) in [5.41, 5.74) is 0. The molecule has 0 unspecified atom stereocenters. The van der Waals surface area contributed by atoms with E-state index in [1.807, 2.05) is 0 Å². The molecule has 0 aromatic carbocycles. The van der Waals surface area contributed by atoms with Crippen LogP contribution in [0.3, 0.4) is 0 Å². The molecule has 0 amide bonds. The number of ether oxygens (including phenoxy) is 3. The molecule has 0 saturated heterocycles. The number of aromatic nitrogens is 1. The van der Waals surface area contributed by atoms with Gasteiger partial charge in [0.15, 0.2) is 0 Å². The fourth-order valence-corrected chi connectivity index (χ4v) is 0.901. The third kappa shape index (κ3) is 4.22. The zero-order valence-electron chi connectivity index (χ0n) is 8.39. The molecule has 18 heavy (non-hydrogen) atoms. The van der Waals surface area contributed by atoms with Gasteiger partial charge < -0.3 is 29.5 Å². The van der Waals surface area contributed by atoms with Gasteiger partial charge in [0, 0.05) is 12.1 Å². The Morgan fingerprint density at radius 3 is 1.56 bits per heavy atom.